The van der Waals surface area contributed by atoms with Crippen LogP contribution in [0.25, 0.3) is 21.9 Å². The van der Waals surface area contributed by atoms with Gasteiger partial charge in [-0.05, 0) is 55.7 Å². The molecule has 1 aromatic carbocycles. The number of aliphatic hydroxyl groups excluding tert-OH is 1. The topological polar surface area (TPSA) is 96.2 Å². The number of aliphatic hydroxyl groups is 1. The summed E-state index contributed by atoms with van der Waals surface area (Å²) in [4.78, 5) is 27.9. The van der Waals surface area contributed by atoms with E-state index in [0.717, 1.165) is 47.5 Å². The fourth-order valence-electron chi connectivity index (χ4n) is 5.61. The van der Waals surface area contributed by atoms with Gasteiger partial charge in [0.2, 0.25) is 11.9 Å². The van der Waals surface area contributed by atoms with Crippen LogP contribution in [0.1, 0.15) is 49.9 Å². The van der Waals surface area contributed by atoms with Gasteiger partial charge in [-0.2, -0.15) is 4.98 Å². The van der Waals surface area contributed by atoms with Crippen LogP contribution in [0.15, 0.2) is 42.6 Å². The highest BCUT2D eigenvalue weighted by Gasteiger charge is 2.25. The van der Waals surface area contributed by atoms with Crippen molar-refractivity contribution in [1.29, 1.82) is 0 Å². The van der Waals surface area contributed by atoms with Crippen molar-refractivity contribution in [1.82, 2.24) is 24.4 Å². The molecule has 2 aliphatic rings. The molecular formula is C27H30N6O2. The smallest absolute Gasteiger partial charge is 0.248 e. The Labute approximate surface area is 204 Å². The average Bonchev–Trinajstić information content (AvgIpc) is 3.22. The number of amides is 1. The van der Waals surface area contributed by atoms with Crippen molar-refractivity contribution in [2.24, 2.45) is 5.92 Å². The van der Waals surface area contributed by atoms with E-state index in [2.05, 4.69) is 46.1 Å². The molecule has 3 aromatic heterocycles. The number of nitrogens with one attached hydrogen (secondary N) is 1. The molecule has 0 bridgehead atoms. The van der Waals surface area contributed by atoms with Gasteiger partial charge < -0.3 is 19.9 Å². The zero-order valence-corrected chi connectivity index (χ0v) is 19.9. The summed E-state index contributed by atoms with van der Waals surface area (Å²) in [5.74, 6) is 1.67. The molecule has 2 N–H and O–H groups in total. The molecule has 4 heterocycles. The molecular weight excluding hydrogens is 440 g/mol. The lowest BCUT2D eigenvalue weighted by molar-refractivity contribution is -0.135. The van der Waals surface area contributed by atoms with E-state index in [4.69, 9.17) is 9.97 Å². The molecule has 6 rings (SSSR count). The van der Waals surface area contributed by atoms with Crippen molar-refractivity contribution in [2.75, 3.05) is 18.5 Å². The minimum Gasteiger partial charge on any atom is -0.387 e. The molecule has 35 heavy (non-hydrogen) atoms. The predicted molar refractivity (Wildman–Crippen MR) is 135 cm³/mol. The van der Waals surface area contributed by atoms with Gasteiger partial charge in [0.25, 0.3) is 0 Å². The fraction of sp³-hybridized carbons (Fsp3) is 0.407. The molecule has 1 fully saturated rings. The van der Waals surface area contributed by atoms with Gasteiger partial charge in [-0.3, -0.25) is 4.79 Å². The van der Waals surface area contributed by atoms with Gasteiger partial charge >= 0.3 is 0 Å². The van der Waals surface area contributed by atoms with Crippen molar-refractivity contribution in [2.45, 2.75) is 51.6 Å². The number of pyridine rings is 1. The number of hydrogen-bond acceptors (Lipinski definition) is 6. The Bertz CT molecular complexity index is 1410. The first-order valence-electron chi connectivity index (χ1n) is 12.5. The van der Waals surface area contributed by atoms with Crippen LogP contribution in [0.5, 0.6) is 0 Å². The lowest BCUT2D eigenvalue weighted by Crippen LogP contribution is -2.38. The van der Waals surface area contributed by atoms with E-state index >= 15 is 0 Å². The lowest BCUT2D eigenvalue weighted by Gasteiger charge is -2.28. The van der Waals surface area contributed by atoms with E-state index in [9.17, 15) is 9.90 Å². The van der Waals surface area contributed by atoms with Crippen LogP contribution >= 0.6 is 0 Å². The van der Waals surface area contributed by atoms with Gasteiger partial charge in [-0.15, -0.1) is 0 Å². The van der Waals surface area contributed by atoms with E-state index < -0.39 is 6.61 Å². The second-order valence-corrected chi connectivity index (χ2v) is 9.88. The molecule has 0 atom stereocenters. The lowest BCUT2D eigenvalue weighted by atomic mass is 9.87. The van der Waals surface area contributed by atoms with Crippen LogP contribution in [0.2, 0.25) is 0 Å². The van der Waals surface area contributed by atoms with Gasteiger partial charge in [0.1, 0.15) is 18.1 Å². The highest BCUT2D eigenvalue weighted by atomic mass is 16.3. The van der Waals surface area contributed by atoms with Crippen molar-refractivity contribution < 1.29 is 9.90 Å². The number of aromatic nitrogens is 4. The SMILES string of the molecule is CC1CCC(n2c3ccccc3c3cnc(Nc4ccc5c(n4)CN(C(=O)CO)CC5)nc32)CC1. The Hall–Kier alpha value is -3.52. The summed E-state index contributed by atoms with van der Waals surface area (Å²) in [5.41, 5.74) is 4.14. The molecule has 8 heteroatoms. The van der Waals surface area contributed by atoms with E-state index in [0.29, 0.717) is 30.9 Å². The van der Waals surface area contributed by atoms with Crippen LogP contribution < -0.4 is 5.32 Å². The Kier molecular flexibility index (Phi) is 5.60. The van der Waals surface area contributed by atoms with Crippen molar-refractivity contribution in [3.05, 3.63) is 53.9 Å². The molecule has 0 saturated heterocycles. The summed E-state index contributed by atoms with van der Waals surface area (Å²) in [5, 5.41) is 14.8. The number of para-hydroxylation sites is 1. The Morgan fingerprint density at radius 2 is 1.91 bits per heavy atom. The summed E-state index contributed by atoms with van der Waals surface area (Å²) in [6, 6.07) is 12.9. The molecule has 1 aliphatic heterocycles. The van der Waals surface area contributed by atoms with Crippen molar-refractivity contribution >= 4 is 39.6 Å². The minimum absolute atomic E-state index is 0.269. The first-order chi connectivity index (χ1) is 17.1. The highest BCUT2D eigenvalue weighted by molar-refractivity contribution is 6.06. The molecule has 180 valence electrons. The number of anilines is 2. The predicted octanol–water partition coefficient (Wildman–Crippen LogP) is 4.35. The Morgan fingerprint density at radius 3 is 2.74 bits per heavy atom. The molecule has 1 saturated carbocycles. The van der Waals surface area contributed by atoms with Crippen LogP contribution in [-0.2, 0) is 17.8 Å². The number of carbonyl (C=O) groups is 1. The third kappa shape index (κ3) is 4.01. The molecule has 0 unspecified atom stereocenters. The maximum absolute atomic E-state index is 11.9. The number of rotatable bonds is 4. The van der Waals surface area contributed by atoms with Crippen LogP contribution in [0.3, 0.4) is 0 Å². The summed E-state index contributed by atoms with van der Waals surface area (Å²) >= 11 is 0. The summed E-state index contributed by atoms with van der Waals surface area (Å²) in [6.07, 6.45) is 7.45. The summed E-state index contributed by atoms with van der Waals surface area (Å²) in [7, 11) is 0. The normalized spacial score (nSPS) is 20.2. The minimum atomic E-state index is -0.477. The van der Waals surface area contributed by atoms with Gasteiger partial charge in [-0.25, -0.2) is 9.97 Å². The molecule has 4 aromatic rings. The number of carbonyl (C=O) groups excluding carboxylic acids is 1. The summed E-state index contributed by atoms with van der Waals surface area (Å²) in [6.45, 7) is 2.87. The molecule has 1 aliphatic carbocycles. The molecule has 0 radical (unpaired) electrons. The number of fused-ring (bicyclic) bond motifs is 4. The van der Waals surface area contributed by atoms with Crippen LogP contribution in [0.4, 0.5) is 11.8 Å². The van der Waals surface area contributed by atoms with Crippen molar-refractivity contribution in [3.8, 4) is 0 Å². The van der Waals surface area contributed by atoms with E-state index in [1.165, 1.54) is 23.7 Å². The third-order valence-corrected chi connectivity index (χ3v) is 7.59. The monoisotopic (exact) mass is 470 g/mol. The van der Waals surface area contributed by atoms with Crippen molar-refractivity contribution in [3.63, 3.8) is 0 Å². The first kappa shape index (κ1) is 22.0. The number of nitrogens with zero attached hydrogens (tertiary/aromatic N) is 5. The zero-order valence-electron chi connectivity index (χ0n) is 19.9. The van der Waals surface area contributed by atoms with E-state index in [1.54, 1.807) is 4.90 Å². The molecule has 8 nitrogen and oxygen atoms in total. The quantitative estimate of drug-likeness (QED) is 0.460. The second-order valence-electron chi connectivity index (χ2n) is 9.88. The fourth-order valence-corrected chi connectivity index (χ4v) is 5.61. The van der Waals surface area contributed by atoms with E-state index in [1.807, 2.05) is 18.3 Å². The standard InChI is InChI=1S/C27H30N6O2/c1-17-6-9-19(10-7-17)33-23-5-3-2-4-20(23)21-14-28-27(31-26(21)33)30-24-11-8-18-12-13-32(25(35)16-34)15-22(18)29-24/h2-5,8,11,14,17,19,34H,6-7,9-10,12-13,15-16H2,1H3,(H,28,29,30,31). The third-order valence-electron chi connectivity index (χ3n) is 7.59. The Morgan fingerprint density at radius 1 is 1.09 bits per heavy atom. The zero-order chi connectivity index (χ0) is 23.9. The highest BCUT2D eigenvalue weighted by Crippen LogP contribution is 2.38. The number of benzene rings is 1. The van der Waals surface area contributed by atoms with Crippen LogP contribution in [-0.4, -0.2) is 48.6 Å². The van der Waals surface area contributed by atoms with Gasteiger partial charge in [-0.1, -0.05) is 31.2 Å². The second kappa shape index (κ2) is 8.92. The maximum atomic E-state index is 11.9. The van der Waals surface area contributed by atoms with Gasteiger partial charge in [0.15, 0.2) is 0 Å². The average molecular weight is 471 g/mol. The molecule has 1 amide bonds. The first-order valence-corrected chi connectivity index (χ1v) is 12.5. The molecule has 0 spiro atoms. The van der Waals surface area contributed by atoms with E-state index in [-0.39, 0.29) is 5.91 Å². The van der Waals surface area contributed by atoms with Gasteiger partial charge in [0, 0.05) is 29.6 Å². The Balaban J connectivity index is 1.35. The maximum Gasteiger partial charge on any atom is 0.248 e. The summed E-state index contributed by atoms with van der Waals surface area (Å²) < 4.78 is 2.42. The van der Waals surface area contributed by atoms with Gasteiger partial charge in [0.05, 0.1) is 17.8 Å². The van der Waals surface area contributed by atoms with Crippen LogP contribution in [0, 0.1) is 5.92 Å². The largest absolute Gasteiger partial charge is 0.387 e. The number of hydrogen-bond donors (Lipinski definition) is 2.